The van der Waals surface area contributed by atoms with E-state index >= 15 is 0 Å². The largest absolute Gasteiger partial charge is 0.299 e. The summed E-state index contributed by atoms with van der Waals surface area (Å²) in [6.07, 6.45) is 9.19. The minimum atomic E-state index is 0.810. The van der Waals surface area contributed by atoms with Crippen molar-refractivity contribution in [2.75, 3.05) is 0 Å². The van der Waals surface area contributed by atoms with E-state index in [0.29, 0.717) is 0 Å². The minimum Gasteiger partial charge on any atom is -0.299 e. The maximum atomic E-state index is 9.86. The average molecular weight is 154 g/mol. The van der Waals surface area contributed by atoms with Crippen LogP contribution < -0.4 is 0 Å². The number of hydrogen-bond donors (Lipinski definition) is 0. The minimum absolute atomic E-state index is 0.810. The van der Waals surface area contributed by atoms with Crippen molar-refractivity contribution in [3.05, 3.63) is 12.2 Å². The van der Waals surface area contributed by atoms with E-state index in [4.69, 9.17) is 0 Å². The van der Waals surface area contributed by atoms with Crippen LogP contribution in [0.1, 0.15) is 39.5 Å². The van der Waals surface area contributed by atoms with E-state index in [2.05, 4.69) is 13.8 Å². The molecule has 0 spiro atoms. The van der Waals surface area contributed by atoms with Gasteiger partial charge >= 0.3 is 0 Å². The van der Waals surface area contributed by atoms with Crippen molar-refractivity contribution in [1.82, 2.24) is 0 Å². The molecule has 1 heteroatoms. The lowest BCUT2D eigenvalue weighted by atomic mass is 10.1. The van der Waals surface area contributed by atoms with Gasteiger partial charge in [0.1, 0.15) is 6.29 Å². The SMILES string of the molecule is CC(C)CCCC/C=C\C=O. The Balaban J connectivity index is 3.02. The molecule has 0 amide bonds. The summed E-state index contributed by atoms with van der Waals surface area (Å²) in [6.45, 7) is 4.47. The zero-order valence-corrected chi connectivity index (χ0v) is 7.55. The first-order chi connectivity index (χ1) is 5.27. The molecule has 0 unspecified atom stereocenters. The summed E-state index contributed by atoms with van der Waals surface area (Å²) in [5.41, 5.74) is 0. The van der Waals surface area contributed by atoms with Crippen molar-refractivity contribution in [2.45, 2.75) is 39.5 Å². The highest BCUT2D eigenvalue weighted by Gasteiger charge is 1.91. The van der Waals surface area contributed by atoms with E-state index in [1.54, 1.807) is 6.08 Å². The topological polar surface area (TPSA) is 17.1 Å². The highest BCUT2D eigenvalue weighted by atomic mass is 16.1. The Labute approximate surface area is 69.5 Å². The molecule has 11 heavy (non-hydrogen) atoms. The van der Waals surface area contributed by atoms with Crippen molar-refractivity contribution in [3.8, 4) is 0 Å². The number of hydrogen-bond acceptors (Lipinski definition) is 1. The van der Waals surface area contributed by atoms with Crippen molar-refractivity contribution < 1.29 is 4.79 Å². The van der Waals surface area contributed by atoms with Gasteiger partial charge < -0.3 is 0 Å². The molecule has 0 aromatic heterocycles. The van der Waals surface area contributed by atoms with E-state index in [0.717, 1.165) is 18.6 Å². The number of unbranched alkanes of at least 4 members (excludes halogenated alkanes) is 2. The summed E-state index contributed by atoms with van der Waals surface area (Å²) in [7, 11) is 0. The van der Waals surface area contributed by atoms with E-state index in [1.165, 1.54) is 19.3 Å². The molecule has 0 aromatic carbocycles. The van der Waals surface area contributed by atoms with Gasteiger partial charge in [-0.1, -0.05) is 32.8 Å². The first-order valence-electron chi connectivity index (χ1n) is 4.37. The van der Waals surface area contributed by atoms with Crippen LogP contribution in [0.2, 0.25) is 0 Å². The maximum Gasteiger partial charge on any atom is 0.142 e. The van der Waals surface area contributed by atoms with Crippen LogP contribution in [0.4, 0.5) is 0 Å². The Bertz CT molecular complexity index is 114. The smallest absolute Gasteiger partial charge is 0.142 e. The lowest BCUT2D eigenvalue weighted by Gasteiger charge is -2.01. The number of allylic oxidation sites excluding steroid dienone is 2. The van der Waals surface area contributed by atoms with Crippen LogP contribution in [-0.4, -0.2) is 6.29 Å². The molecular formula is C10H18O. The molecule has 0 saturated heterocycles. The summed E-state index contributed by atoms with van der Waals surface area (Å²) in [5, 5.41) is 0. The molecule has 0 atom stereocenters. The zero-order chi connectivity index (χ0) is 8.53. The predicted molar refractivity (Wildman–Crippen MR) is 48.5 cm³/mol. The van der Waals surface area contributed by atoms with Crippen LogP contribution in [0.15, 0.2) is 12.2 Å². The first kappa shape index (κ1) is 10.4. The Morgan fingerprint density at radius 2 is 2.00 bits per heavy atom. The van der Waals surface area contributed by atoms with Crippen molar-refractivity contribution in [2.24, 2.45) is 5.92 Å². The van der Waals surface area contributed by atoms with Gasteiger partial charge in [-0.25, -0.2) is 0 Å². The van der Waals surface area contributed by atoms with Gasteiger partial charge in [0.2, 0.25) is 0 Å². The second-order valence-electron chi connectivity index (χ2n) is 3.24. The molecule has 64 valence electrons. The number of carbonyl (C=O) groups is 1. The van der Waals surface area contributed by atoms with Crippen LogP contribution >= 0.6 is 0 Å². The Kier molecular flexibility index (Phi) is 7.11. The molecule has 0 saturated carbocycles. The van der Waals surface area contributed by atoms with Crippen LogP contribution in [0.3, 0.4) is 0 Å². The molecule has 0 aliphatic rings. The molecule has 0 radical (unpaired) electrons. The fraction of sp³-hybridized carbons (Fsp3) is 0.700. The lowest BCUT2D eigenvalue weighted by Crippen LogP contribution is -1.85. The zero-order valence-electron chi connectivity index (χ0n) is 7.55. The Morgan fingerprint density at radius 3 is 2.55 bits per heavy atom. The fourth-order valence-electron chi connectivity index (χ4n) is 0.967. The molecule has 0 rings (SSSR count). The average Bonchev–Trinajstić information content (AvgIpc) is 1.96. The fourth-order valence-corrected chi connectivity index (χ4v) is 0.967. The standard InChI is InChI=1S/C10H18O/c1-10(2)8-6-4-3-5-7-9-11/h5,7,9-10H,3-4,6,8H2,1-2H3/b7-5-. The molecular weight excluding hydrogens is 136 g/mol. The summed E-state index contributed by atoms with van der Waals surface area (Å²) >= 11 is 0. The van der Waals surface area contributed by atoms with Crippen molar-refractivity contribution in [3.63, 3.8) is 0 Å². The van der Waals surface area contributed by atoms with Gasteiger partial charge in [-0.05, 0) is 24.8 Å². The number of rotatable bonds is 6. The van der Waals surface area contributed by atoms with E-state index in [9.17, 15) is 4.79 Å². The third kappa shape index (κ3) is 9.41. The third-order valence-electron chi connectivity index (χ3n) is 1.62. The quantitative estimate of drug-likeness (QED) is 0.326. The monoisotopic (exact) mass is 154 g/mol. The second-order valence-corrected chi connectivity index (χ2v) is 3.24. The molecule has 0 aliphatic carbocycles. The molecule has 0 N–H and O–H groups in total. The van der Waals surface area contributed by atoms with Gasteiger partial charge in [0, 0.05) is 0 Å². The predicted octanol–water partition coefficient (Wildman–Crippen LogP) is 2.96. The van der Waals surface area contributed by atoms with Gasteiger partial charge in [-0.2, -0.15) is 0 Å². The molecule has 0 fully saturated rings. The molecule has 0 aliphatic heterocycles. The molecule has 1 nitrogen and oxygen atoms in total. The van der Waals surface area contributed by atoms with E-state index < -0.39 is 0 Å². The lowest BCUT2D eigenvalue weighted by molar-refractivity contribution is -0.104. The highest BCUT2D eigenvalue weighted by Crippen LogP contribution is 2.07. The normalized spacial score (nSPS) is 11.2. The van der Waals surface area contributed by atoms with Gasteiger partial charge in [-0.15, -0.1) is 0 Å². The van der Waals surface area contributed by atoms with Crippen LogP contribution in [-0.2, 0) is 4.79 Å². The first-order valence-corrected chi connectivity index (χ1v) is 4.37. The van der Waals surface area contributed by atoms with Crippen LogP contribution in [0, 0.1) is 5.92 Å². The number of carbonyl (C=O) groups excluding carboxylic acids is 1. The van der Waals surface area contributed by atoms with Gasteiger partial charge in [0.15, 0.2) is 0 Å². The van der Waals surface area contributed by atoms with Gasteiger partial charge in [0.25, 0.3) is 0 Å². The van der Waals surface area contributed by atoms with Gasteiger partial charge in [0.05, 0.1) is 0 Å². The molecule has 0 bridgehead atoms. The Hall–Kier alpha value is -0.590. The summed E-state index contributed by atoms with van der Waals surface area (Å²) in [6, 6.07) is 0. The molecule has 0 aromatic rings. The Morgan fingerprint density at radius 1 is 1.27 bits per heavy atom. The van der Waals surface area contributed by atoms with E-state index in [1.807, 2.05) is 6.08 Å². The number of aldehydes is 1. The summed E-state index contributed by atoms with van der Waals surface area (Å²) in [5.74, 6) is 0.810. The molecule has 0 heterocycles. The summed E-state index contributed by atoms with van der Waals surface area (Å²) < 4.78 is 0. The van der Waals surface area contributed by atoms with Crippen LogP contribution in [0.25, 0.3) is 0 Å². The van der Waals surface area contributed by atoms with Crippen LogP contribution in [0.5, 0.6) is 0 Å². The van der Waals surface area contributed by atoms with Crippen molar-refractivity contribution in [1.29, 1.82) is 0 Å². The van der Waals surface area contributed by atoms with E-state index in [-0.39, 0.29) is 0 Å². The van der Waals surface area contributed by atoms with Gasteiger partial charge in [-0.3, -0.25) is 4.79 Å². The second kappa shape index (κ2) is 7.52. The third-order valence-corrected chi connectivity index (χ3v) is 1.62. The summed E-state index contributed by atoms with van der Waals surface area (Å²) in [4.78, 5) is 9.86. The van der Waals surface area contributed by atoms with Crippen molar-refractivity contribution >= 4 is 6.29 Å². The maximum absolute atomic E-state index is 9.86. The highest BCUT2D eigenvalue weighted by molar-refractivity contribution is 5.64.